The number of nitrogens with one attached hydrogen (secondary N) is 1. The Labute approximate surface area is 130 Å². The number of hydrogen-bond acceptors (Lipinski definition) is 3. The third kappa shape index (κ3) is 3.75. The van der Waals surface area contributed by atoms with E-state index in [0.29, 0.717) is 0 Å². The van der Waals surface area contributed by atoms with E-state index in [2.05, 4.69) is 47.6 Å². The van der Waals surface area contributed by atoms with Crippen molar-refractivity contribution in [2.75, 3.05) is 18.0 Å². The largest absolute Gasteiger partial charge is 0.366 e. The molecule has 4 heteroatoms. The van der Waals surface area contributed by atoms with Crippen molar-refractivity contribution in [3.8, 4) is 0 Å². The molecule has 0 saturated carbocycles. The van der Waals surface area contributed by atoms with Crippen LogP contribution in [0.2, 0.25) is 5.02 Å². The third-order valence-electron chi connectivity index (χ3n) is 3.30. The van der Waals surface area contributed by atoms with Gasteiger partial charge in [-0.2, -0.15) is 0 Å². The SMILES string of the molecule is CCNCc1c(Cl)cccc1N(CC)Cc1cccs1. The molecule has 0 aliphatic heterocycles. The van der Waals surface area contributed by atoms with Crippen LogP contribution in [0.4, 0.5) is 5.69 Å². The van der Waals surface area contributed by atoms with Gasteiger partial charge in [-0.05, 0) is 37.0 Å². The van der Waals surface area contributed by atoms with Crippen LogP contribution in [0.1, 0.15) is 24.3 Å². The normalized spacial score (nSPS) is 10.8. The summed E-state index contributed by atoms with van der Waals surface area (Å²) >= 11 is 8.18. The van der Waals surface area contributed by atoms with Crippen molar-refractivity contribution in [1.82, 2.24) is 5.32 Å². The lowest BCUT2D eigenvalue weighted by Crippen LogP contribution is -2.24. The van der Waals surface area contributed by atoms with E-state index in [-0.39, 0.29) is 0 Å². The zero-order valence-electron chi connectivity index (χ0n) is 12.0. The van der Waals surface area contributed by atoms with E-state index in [1.54, 1.807) is 11.3 Å². The van der Waals surface area contributed by atoms with Crippen molar-refractivity contribution in [2.24, 2.45) is 0 Å². The van der Waals surface area contributed by atoms with E-state index in [1.165, 1.54) is 16.1 Å². The van der Waals surface area contributed by atoms with E-state index in [0.717, 1.165) is 31.2 Å². The molecule has 0 saturated heterocycles. The van der Waals surface area contributed by atoms with Crippen molar-refractivity contribution >= 4 is 28.6 Å². The standard InChI is InChI=1S/C16H21ClN2S/c1-3-18-11-14-15(17)8-5-9-16(14)19(4-2)12-13-7-6-10-20-13/h5-10,18H,3-4,11-12H2,1-2H3. The molecule has 2 aromatic rings. The molecular weight excluding hydrogens is 288 g/mol. The van der Waals surface area contributed by atoms with Crippen LogP contribution in [0.3, 0.4) is 0 Å². The molecule has 0 atom stereocenters. The summed E-state index contributed by atoms with van der Waals surface area (Å²) in [4.78, 5) is 3.76. The van der Waals surface area contributed by atoms with Gasteiger partial charge in [0, 0.05) is 34.2 Å². The summed E-state index contributed by atoms with van der Waals surface area (Å²) in [5.41, 5.74) is 2.42. The molecule has 0 spiro atoms. The van der Waals surface area contributed by atoms with Gasteiger partial charge in [0.2, 0.25) is 0 Å². The maximum atomic E-state index is 6.38. The first-order chi connectivity index (χ1) is 9.76. The molecule has 0 amide bonds. The van der Waals surface area contributed by atoms with Crippen LogP contribution in [0.15, 0.2) is 35.7 Å². The number of halogens is 1. The smallest absolute Gasteiger partial charge is 0.0522 e. The molecule has 2 rings (SSSR count). The zero-order chi connectivity index (χ0) is 14.4. The molecule has 0 fully saturated rings. The first kappa shape index (κ1) is 15.4. The summed E-state index contributed by atoms with van der Waals surface area (Å²) < 4.78 is 0. The van der Waals surface area contributed by atoms with Gasteiger partial charge in [-0.25, -0.2) is 0 Å². The second kappa shape index (κ2) is 7.67. The molecule has 1 aromatic carbocycles. The second-order valence-corrected chi connectivity index (χ2v) is 6.05. The number of hydrogen-bond donors (Lipinski definition) is 1. The highest BCUT2D eigenvalue weighted by atomic mass is 35.5. The first-order valence-corrected chi connectivity index (χ1v) is 8.27. The number of nitrogens with zero attached hydrogens (tertiary/aromatic N) is 1. The Bertz CT molecular complexity index is 525. The number of benzene rings is 1. The van der Waals surface area contributed by atoms with Crippen LogP contribution < -0.4 is 10.2 Å². The lowest BCUT2D eigenvalue weighted by Gasteiger charge is -2.26. The van der Waals surface area contributed by atoms with E-state index in [4.69, 9.17) is 11.6 Å². The first-order valence-electron chi connectivity index (χ1n) is 7.01. The van der Waals surface area contributed by atoms with E-state index >= 15 is 0 Å². The van der Waals surface area contributed by atoms with E-state index in [1.807, 2.05) is 12.1 Å². The predicted molar refractivity (Wildman–Crippen MR) is 89.9 cm³/mol. The van der Waals surface area contributed by atoms with Gasteiger partial charge in [0.05, 0.1) is 6.54 Å². The minimum Gasteiger partial charge on any atom is -0.366 e. The summed E-state index contributed by atoms with van der Waals surface area (Å²) in [5, 5.41) is 6.34. The Kier molecular flexibility index (Phi) is 5.89. The summed E-state index contributed by atoms with van der Waals surface area (Å²) in [6, 6.07) is 10.4. The van der Waals surface area contributed by atoms with Crippen LogP contribution in [-0.4, -0.2) is 13.1 Å². The maximum absolute atomic E-state index is 6.38. The Hall–Kier alpha value is -1.03. The van der Waals surface area contributed by atoms with Gasteiger partial charge in [-0.1, -0.05) is 30.7 Å². The molecule has 20 heavy (non-hydrogen) atoms. The summed E-state index contributed by atoms with van der Waals surface area (Å²) in [5.74, 6) is 0. The number of thiophene rings is 1. The lowest BCUT2D eigenvalue weighted by molar-refractivity contribution is 0.719. The molecule has 0 aliphatic rings. The van der Waals surface area contributed by atoms with Crippen LogP contribution in [0.5, 0.6) is 0 Å². The van der Waals surface area contributed by atoms with Gasteiger partial charge >= 0.3 is 0 Å². The fourth-order valence-corrected chi connectivity index (χ4v) is 3.18. The second-order valence-electron chi connectivity index (χ2n) is 4.61. The fourth-order valence-electron chi connectivity index (χ4n) is 2.23. The highest BCUT2D eigenvalue weighted by molar-refractivity contribution is 7.09. The lowest BCUT2D eigenvalue weighted by atomic mass is 10.1. The van der Waals surface area contributed by atoms with E-state index < -0.39 is 0 Å². The Morgan fingerprint density at radius 3 is 2.70 bits per heavy atom. The van der Waals surface area contributed by atoms with Gasteiger partial charge in [0.15, 0.2) is 0 Å². The fraction of sp³-hybridized carbons (Fsp3) is 0.375. The summed E-state index contributed by atoms with van der Waals surface area (Å²) in [6.07, 6.45) is 0. The number of rotatable bonds is 7. The zero-order valence-corrected chi connectivity index (χ0v) is 13.6. The quantitative estimate of drug-likeness (QED) is 0.808. The molecule has 1 heterocycles. The minimum absolute atomic E-state index is 0.812. The van der Waals surface area contributed by atoms with Crippen LogP contribution in [0, 0.1) is 0 Å². The molecule has 1 N–H and O–H groups in total. The highest BCUT2D eigenvalue weighted by Crippen LogP contribution is 2.29. The van der Waals surface area contributed by atoms with E-state index in [9.17, 15) is 0 Å². The topological polar surface area (TPSA) is 15.3 Å². The van der Waals surface area contributed by atoms with Crippen molar-refractivity contribution in [3.63, 3.8) is 0 Å². The molecule has 0 radical (unpaired) electrons. The average Bonchev–Trinajstić information content (AvgIpc) is 2.96. The third-order valence-corrected chi connectivity index (χ3v) is 4.51. The Balaban J connectivity index is 2.26. The Morgan fingerprint density at radius 1 is 1.20 bits per heavy atom. The Morgan fingerprint density at radius 2 is 2.05 bits per heavy atom. The van der Waals surface area contributed by atoms with Gasteiger partial charge in [0.25, 0.3) is 0 Å². The highest BCUT2D eigenvalue weighted by Gasteiger charge is 2.13. The van der Waals surface area contributed by atoms with Gasteiger partial charge in [0.1, 0.15) is 0 Å². The van der Waals surface area contributed by atoms with Gasteiger partial charge in [-0.3, -0.25) is 0 Å². The van der Waals surface area contributed by atoms with Crippen molar-refractivity contribution in [1.29, 1.82) is 0 Å². The minimum atomic E-state index is 0.812. The van der Waals surface area contributed by atoms with Crippen molar-refractivity contribution < 1.29 is 0 Å². The van der Waals surface area contributed by atoms with Crippen molar-refractivity contribution in [3.05, 3.63) is 51.2 Å². The molecular formula is C16H21ClN2S. The van der Waals surface area contributed by atoms with Crippen LogP contribution in [-0.2, 0) is 13.1 Å². The summed E-state index contributed by atoms with van der Waals surface area (Å²) in [7, 11) is 0. The molecule has 1 aromatic heterocycles. The molecule has 108 valence electrons. The van der Waals surface area contributed by atoms with Crippen LogP contribution >= 0.6 is 22.9 Å². The molecule has 0 bridgehead atoms. The molecule has 2 nitrogen and oxygen atoms in total. The number of anilines is 1. The molecule has 0 aliphatic carbocycles. The average molecular weight is 309 g/mol. The van der Waals surface area contributed by atoms with Crippen LogP contribution in [0.25, 0.3) is 0 Å². The summed E-state index contributed by atoms with van der Waals surface area (Å²) in [6.45, 7) is 7.96. The predicted octanol–water partition coefficient (Wildman–Crippen LogP) is 4.54. The van der Waals surface area contributed by atoms with Gasteiger partial charge in [-0.15, -0.1) is 11.3 Å². The maximum Gasteiger partial charge on any atom is 0.0522 e. The van der Waals surface area contributed by atoms with Gasteiger partial charge < -0.3 is 10.2 Å². The van der Waals surface area contributed by atoms with Crippen molar-refractivity contribution in [2.45, 2.75) is 26.9 Å². The molecule has 0 unspecified atom stereocenters. The monoisotopic (exact) mass is 308 g/mol.